The van der Waals surface area contributed by atoms with E-state index in [2.05, 4.69) is 18.9 Å². The first-order chi connectivity index (χ1) is 9.36. The highest BCUT2D eigenvalue weighted by molar-refractivity contribution is 5.92. The van der Waals surface area contributed by atoms with Gasteiger partial charge < -0.3 is 4.90 Å². The Morgan fingerprint density at radius 1 is 1.35 bits per heavy atom. The van der Waals surface area contributed by atoms with Gasteiger partial charge in [0.1, 0.15) is 5.69 Å². The first-order valence-electron chi connectivity index (χ1n) is 7.22. The number of amides is 1. The van der Waals surface area contributed by atoms with Crippen LogP contribution in [0.2, 0.25) is 0 Å². The van der Waals surface area contributed by atoms with E-state index in [0.29, 0.717) is 18.2 Å². The summed E-state index contributed by atoms with van der Waals surface area (Å²) < 4.78 is 1.36. The van der Waals surface area contributed by atoms with Crippen LogP contribution in [0.3, 0.4) is 0 Å². The zero-order valence-corrected chi connectivity index (χ0v) is 13.1. The second kappa shape index (κ2) is 7.22. The molecule has 0 saturated carbocycles. The fourth-order valence-corrected chi connectivity index (χ4v) is 2.16. The molecule has 0 unspecified atom stereocenters. The Bertz CT molecular complexity index is 508. The van der Waals surface area contributed by atoms with Gasteiger partial charge in [-0.1, -0.05) is 20.8 Å². The van der Waals surface area contributed by atoms with E-state index in [-0.39, 0.29) is 17.5 Å². The normalized spacial score (nSPS) is 12.5. The highest BCUT2D eigenvalue weighted by atomic mass is 16.2. The van der Waals surface area contributed by atoms with Gasteiger partial charge in [-0.25, -0.2) is 4.68 Å². The Balaban J connectivity index is 2.91. The lowest BCUT2D eigenvalue weighted by Gasteiger charge is -2.26. The molecule has 0 aliphatic heterocycles. The minimum Gasteiger partial charge on any atom is -0.338 e. The molecule has 1 aromatic rings. The third kappa shape index (κ3) is 4.18. The summed E-state index contributed by atoms with van der Waals surface area (Å²) in [5, 5.41) is 4.16. The average molecular weight is 279 g/mol. The summed E-state index contributed by atoms with van der Waals surface area (Å²) in [7, 11) is 1.78. The van der Waals surface area contributed by atoms with Crippen molar-refractivity contribution in [1.29, 1.82) is 0 Å². The fourth-order valence-electron chi connectivity index (χ4n) is 2.16. The molecule has 0 aliphatic rings. The van der Waals surface area contributed by atoms with Crippen LogP contribution in [-0.4, -0.2) is 33.7 Å². The molecule has 0 bridgehead atoms. The van der Waals surface area contributed by atoms with Crippen molar-refractivity contribution in [2.45, 2.75) is 53.1 Å². The van der Waals surface area contributed by atoms with E-state index in [9.17, 15) is 9.59 Å². The van der Waals surface area contributed by atoms with Crippen molar-refractivity contribution < 1.29 is 4.79 Å². The summed E-state index contributed by atoms with van der Waals surface area (Å²) in [6.07, 6.45) is 1.75. The summed E-state index contributed by atoms with van der Waals surface area (Å²) in [6, 6.07) is 3.07. The Hall–Kier alpha value is -1.65. The highest BCUT2D eigenvalue weighted by Gasteiger charge is 2.20. The molecule has 0 saturated heterocycles. The van der Waals surface area contributed by atoms with Gasteiger partial charge in [0, 0.05) is 25.7 Å². The first kappa shape index (κ1) is 16.4. The summed E-state index contributed by atoms with van der Waals surface area (Å²) in [5.74, 6) is 0.394. The van der Waals surface area contributed by atoms with E-state index < -0.39 is 0 Å². The summed E-state index contributed by atoms with van der Waals surface area (Å²) in [5.41, 5.74) is 0.164. The van der Waals surface area contributed by atoms with Crippen LogP contribution in [0.15, 0.2) is 16.9 Å². The Morgan fingerprint density at radius 3 is 2.55 bits per heavy atom. The predicted octanol–water partition coefficient (Wildman–Crippen LogP) is 2.16. The van der Waals surface area contributed by atoms with Gasteiger partial charge in [0.25, 0.3) is 11.5 Å². The number of carbonyl (C=O) groups is 1. The van der Waals surface area contributed by atoms with Crippen molar-refractivity contribution >= 4 is 5.91 Å². The van der Waals surface area contributed by atoms with E-state index in [0.717, 1.165) is 12.8 Å². The number of nitrogens with zero attached hydrogens (tertiary/aromatic N) is 3. The Morgan fingerprint density at radius 2 is 2.00 bits per heavy atom. The van der Waals surface area contributed by atoms with E-state index >= 15 is 0 Å². The van der Waals surface area contributed by atoms with Gasteiger partial charge in [0.15, 0.2) is 0 Å². The van der Waals surface area contributed by atoms with Crippen molar-refractivity contribution in [2.75, 3.05) is 7.05 Å². The summed E-state index contributed by atoms with van der Waals surface area (Å²) >= 11 is 0. The van der Waals surface area contributed by atoms with Crippen molar-refractivity contribution in [3.05, 3.63) is 28.2 Å². The SMILES string of the molecule is CCCn1nc(C(=O)N(C)[C@H](C)CC(C)C)ccc1=O. The van der Waals surface area contributed by atoms with Gasteiger partial charge in [-0.05, 0) is 31.7 Å². The number of aromatic nitrogens is 2. The van der Waals surface area contributed by atoms with Gasteiger partial charge in [-0.15, -0.1) is 0 Å². The number of hydrogen-bond donors (Lipinski definition) is 0. The lowest BCUT2D eigenvalue weighted by Crippen LogP contribution is -2.37. The van der Waals surface area contributed by atoms with Crippen LogP contribution in [0.25, 0.3) is 0 Å². The molecular weight excluding hydrogens is 254 g/mol. The zero-order chi connectivity index (χ0) is 15.3. The molecule has 0 fully saturated rings. The van der Waals surface area contributed by atoms with Crippen molar-refractivity contribution in [1.82, 2.24) is 14.7 Å². The first-order valence-corrected chi connectivity index (χ1v) is 7.22. The monoisotopic (exact) mass is 279 g/mol. The number of rotatable bonds is 6. The van der Waals surface area contributed by atoms with Crippen LogP contribution in [0.5, 0.6) is 0 Å². The minimum atomic E-state index is -0.165. The van der Waals surface area contributed by atoms with Gasteiger partial charge in [-0.2, -0.15) is 5.10 Å². The molecule has 1 amide bonds. The van der Waals surface area contributed by atoms with Crippen LogP contribution >= 0.6 is 0 Å². The molecule has 0 radical (unpaired) electrons. The maximum absolute atomic E-state index is 12.4. The third-order valence-corrected chi connectivity index (χ3v) is 3.32. The molecule has 1 aromatic heterocycles. The molecule has 0 N–H and O–H groups in total. The van der Waals surface area contributed by atoms with Crippen molar-refractivity contribution in [2.24, 2.45) is 5.92 Å². The molecule has 1 rings (SSSR count). The van der Waals surface area contributed by atoms with Gasteiger partial charge in [0.2, 0.25) is 0 Å². The molecule has 1 atom stereocenters. The van der Waals surface area contributed by atoms with Crippen molar-refractivity contribution in [3.8, 4) is 0 Å². The molecule has 5 nitrogen and oxygen atoms in total. The van der Waals surface area contributed by atoms with E-state index in [1.807, 2.05) is 13.8 Å². The van der Waals surface area contributed by atoms with Crippen LogP contribution in [-0.2, 0) is 6.54 Å². The zero-order valence-electron chi connectivity index (χ0n) is 13.1. The highest BCUT2D eigenvalue weighted by Crippen LogP contribution is 2.11. The molecule has 112 valence electrons. The molecule has 0 aliphatic carbocycles. The van der Waals surface area contributed by atoms with Crippen LogP contribution in [0, 0.1) is 5.92 Å². The van der Waals surface area contributed by atoms with Crippen molar-refractivity contribution in [3.63, 3.8) is 0 Å². The van der Waals surface area contributed by atoms with E-state index in [4.69, 9.17) is 0 Å². The molecule has 5 heteroatoms. The second-order valence-corrected chi connectivity index (χ2v) is 5.67. The molecule has 1 heterocycles. The van der Waals surface area contributed by atoms with Gasteiger partial charge >= 0.3 is 0 Å². The Labute approximate surface area is 120 Å². The van der Waals surface area contributed by atoms with E-state index in [1.54, 1.807) is 11.9 Å². The lowest BCUT2D eigenvalue weighted by atomic mass is 10.0. The number of carbonyl (C=O) groups excluding carboxylic acids is 1. The molecule has 20 heavy (non-hydrogen) atoms. The number of aryl methyl sites for hydroxylation is 1. The summed E-state index contributed by atoms with van der Waals surface area (Å²) in [6.45, 7) is 8.80. The fraction of sp³-hybridized carbons (Fsp3) is 0.667. The smallest absolute Gasteiger partial charge is 0.274 e. The maximum Gasteiger partial charge on any atom is 0.274 e. The molecule has 0 aromatic carbocycles. The van der Waals surface area contributed by atoms with Crippen LogP contribution < -0.4 is 5.56 Å². The van der Waals surface area contributed by atoms with Crippen LogP contribution in [0.1, 0.15) is 51.0 Å². The lowest BCUT2D eigenvalue weighted by molar-refractivity contribution is 0.0719. The standard InChI is InChI=1S/C15H25N3O2/c1-6-9-18-14(19)8-7-13(16-18)15(20)17(5)12(4)10-11(2)3/h7-8,11-12H,6,9-10H2,1-5H3/t12-/m1/s1. The molecular formula is C15H25N3O2. The quantitative estimate of drug-likeness (QED) is 0.802. The predicted molar refractivity (Wildman–Crippen MR) is 79.8 cm³/mol. The maximum atomic E-state index is 12.4. The van der Waals surface area contributed by atoms with Crippen LogP contribution in [0.4, 0.5) is 0 Å². The Kier molecular flexibility index (Phi) is 5.92. The largest absolute Gasteiger partial charge is 0.338 e. The van der Waals surface area contributed by atoms with Gasteiger partial charge in [0.05, 0.1) is 0 Å². The van der Waals surface area contributed by atoms with E-state index in [1.165, 1.54) is 16.8 Å². The topological polar surface area (TPSA) is 55.2 Å². The molecule has 0 spiro atoms. The average Bonchev–Trinajstić information content (AvgIpc) is 2.39. The second-order valence-electron chi connectivity index (χ2n) is 5.67. The summed E-state index contributed by atoms with van der Waals surface area (Å²) in [4.78, 5) is 25.7. The third-order valence-electron chi connectivity index (χ3n) is 3.32. The minimum absolute atomic E-state index is 0.136. The number of hydrogen-bond acceptors (Lipinski definition) is 3. The van der Waals surface area contributed by atoms with Gasteiger partial charge in [-0.3, -0.25) is 9.59 Å².